The second kappa shape index (κ2) is 5.88. The predicted octanol–water partition coefficient (Wildman–Crippen LogP) is -0.0637. The van der Waals surface area contributed by atoms with Gasteiger partial charge in [0.1, 0.15) is 6.04 Å². The highest BCUT2D eigenvalue weighted by Gasteiger charge is 2.44. The summed E-state index contributed by atoms with van der Waals surface area (Å²) < 4.78 is 10.2. The van der Waals surface area contributed by atoms with Gasteiger partial charge in [-0.1, -0.05) is 6.92 Å². The Morgan fingerprint density at radius 3 is 2.84 bits per heavy atom. The zero-order valence-corrected chi connectivity index (χ0v) is 11.4. The van der Waals surface area contributed by atoms with Gasteiger partial charge in [-0.2, -0.15) is 0 Å². The van der Waals surface area contributed by atoms with Crippen molar-refractivity contribution in [2.45, 2.75) is 44.4 Å². The number of likely N-dealkylation sites (tertiary alicyclic amines) is 1. The number of nitrogens with zero attached hydrogens (tertiary/aromatic N) is 1. The van der Waals surface area contributed by atoms with Crippen LogP contribution in [0.2, 0.25) is 0 Å². The Kier molecular flexibility index (Phi) is 4.42. The molecule has 4 unspecified atom stereocenters. The van der Waals surface area contributed by atoms with E-state index in [0.29, 0.717) is 13.0 Å². The molecule has 2 aliphatic heterocycles. The van der Waals surface area contributed by atoms with E-state index in [2.05, 4.69) is 0 Å². The molecule has 0 aliphatic carbocycles. The van der Waals surface area contributed by atoms with Crippen molar-refractivity contribution in [3.8, 4) is 0 Å². The van der Waals surface area contributed by atoms with Crippen molar-refractivity contribution in [3.63, 3.8) is 0 Å². The van der Waals surface area contributed by atoms with E-state index in [0.717, 1.165) is 6.42 Å². The van der Waals surface area contributed by atoms with Gasteiger partial charge in [0.25, 0.3) is 0 Å². The van der Waals surface area contributed by atoms with Gasteiger partial charge in [0.2, 0.25) is 5.91 Å². The van der Waals surface area contributed by atoms with E-state index in [1.165, 1.54) is 12.0 Å². The number of hydrogen-bond donors (Lipinski definition) is 1. The minimum atomic E-state index is -0.661. The van der Waals surface area contributed by atoms with Crippen LogP contribution in [-0.2, 0) is 19.1 Å². The molecular formula is C13H21NO5. The number of methoxy groups -OCH3 is 1. The summed E-state index contributed by atoms with van der Waals surface area (Å²) in [7, 11) is 1.29. The molecule has 0 aromatic rings. The molecule has 0 radical (unpaired) electrons. The first-order valence-electron chi connectivity index (χ1n) is 6.76. The normalized spacial score (nSPS) is 34.6. The molecule has 2 saturated heterocycles. The van der Waals surface area contributed by atoms with Gasteiger partial charge in [-0.3, -0.25) is 4.79 Å². The van der Waals surface area contributed by atoms with Crippen LogP contribution in [0, 0.1) is 5.92 Å². The summed E-state index contributed by atoms with van der Waals surface area (Å²) in [6, 6.07) is -0.661. The van der Waals surface area contributed by atoms with Crippen LogP contribution in [0.5, 0.6) is 0 Å². The van der Waals surface area contributed by atoms with E-state index in [9.17, 15) is 14.7 Å². The van der Waals surface area contributed by atoms with Gasteiger partial charge in [-0.15, -0.1) is 0 Å². The van der Waals surface area contributed by atoms with Gasteiger partial charge in [0.05, 0.1) is 25.2 Å². The lowest BCUT2D eigenvalue weighted by Gasteiger charge is -2.27. The maximum Gasteiger partial charge on any atom is 0.328 e. The number of esters is 1. The third-order valence-corrected chi connectivity index (χ3v) is 3.96. The molecule has 108 valence electrons. The monoisotopic (exact) mass is 271 g/mol. The number of amides is 1. The highest BCUT2D eigenvalue weighted by molar-refractivity contribution is 5.87. The summed E-state index contributed by atoms with van der Waals surface area (Å²) in [6.07, 6.45) is 0.968. The van der Waals surface area contributed by atoms with Crippen molar-refractivity contribution in [1.29, 1.82) is 0 Å². The number of carbonyl (C=O) groups is 2. The molecule has 19 heavy (non-hydrogen) atoms. The molecule has 2 rings (SSSR count). The van der Waals surface area contributed by atoms with Crippen LogP contribution in [0.3, 0.4) is 0 Å². The van der Waals surface area contributed by atoms with Gasteiger partial charge in [0, 0.05) is 19.6 Å². The largest absolute Gasteiger partial charge is 0.467 e. The summed E-state index contributed by atoms with van der Waals surface area (Å²) in [5.74, 6) is -0.768. The number of ether oxygens (including phenoxy) is 2. The molecule has 6 nitrogen and oxygen atoms in total. The Labute approximate surface area is 112 Å². The van der Waals surface area contributed by atoms with Crippen molar-refractivity contribution < 1.29 is 24.2 Å². The van der Waals surface area contributed by atoms with Crippen LogP contribution in [0.4, 0.5) is 0 Å². The SMILES string of the molecule is CCC1OCCC1C(=O)N1CC(O)CC1C(=O)OC. The number of β-amino-alcohol motifs (C(OH)–C–C–N with tert-alkyl or cyclic N) is 1. The van der Waals surface area contributed by atoms with Crippen LogP contribution in [-0.4, -0.2) is 60.4 Å². The highest BCUT2D eigenvalue weighted by atomic mass is 16.5. The highest BCUT2D eigenvalue weighted by Crippen LogP contribution is 2.29. The Bertz CT molecular complexity index is 359. The third-order valence-electron chi connectivity index (χ3n) is 3.96. The molecule has 0 saturated carbocycles. The minimum absolute atomic E-state index is 0.0801. The second-order valence-corrected chi connectivity index (χ2v) is 5.13. The number of aliphatic hydroxyl groups excluding tert-OH is 1. The van der Waals surface area contributed by atoms with Crippen molar-refractivity contribution >= 4 is 11.9 Å². The number of rotatable bonds is 3. The topological polar surface area (TPSA) is 76.1 Å². The third kappa shape index (κ3) is 2.74. The number of aliphatic hydroxyl groups is 1. The standard InChI is InChI=1S/C13H21NO5/c1-3-11-9(4-5-19-11)12(16)14-7-8(15)6-10(14)13(17)18-2/h8-11,15H,3-7H2,1-2H3. The van der Waals surface area contributed by atoms with Crippen LogP contribution < -0.4 is 0 Å². The average molecular weight is 271 g/mol. The number of carbonyl (C=O) groups excluding carboxylic acids is 2. The summed E-state index contributed by atoms with van der Waals surface area (Å²) >= 11 is 0. The predicted molar refractivity (Wildman–Crippen MR) is 66.3 cm³/mol. The Morgan fingerprint density at radius 2 is 2.21 bits per heavy atom. The summed E-state index contributed by atoms with van der Waals surface area (Å²) in [5.41, 5.74) is 0. The van der Waals surface area contributed by atoms with E-state index >= 15 is 0 Å². The smallest absolute Gasteiger partial charge is 0.328 e. The fourth-order valence-electron chi connectivity index (χ4n) is 2.96. The molecule has 0 aromatic carbocycles. The lowest BCUT2D eigenvalue weighted by Crippen LogP contribution is -2.45. The molecule has 1 amide bonds. The van der Waals surface area contributed by atoms with Gasteiger partial charge in [-0.25, -0.2) is 4.79 Å². The molecule has 2 heterocycles. The van der Waals surface area contributed by atoms with E-state index in [4.69, 9.17) is 9.47 Å². The van der Waals surface area contributed by atoms with Gasteiger partial charge in [-0.05, 0) is 12.8 Å². The van der Waals surface area contributed by atoms with Gasteiger partial charge < -0.3 is 19.5 Å². The first kappa shape index (κ1) is 14.3. The zero-order chi connectivity index (χ0) is 14.0. The van der Waals surface area contributed by atoms with Crippen LogP contribution in [0.1, 0.15) is 26.2 Å². The first-order chi connectivity index (χ1) is 9.08. The molecule has 1 N–H and O–H groups in total. The molecule has 2 fully saturated rings. The average Bonchev–Trinajstić information content (AvgIpc) is 3.02. The summed E-state index contributed by atoms with van der Waals surface area (Å²) in [5, 5.41) is 9.70. The van der Waals surface area contributed by atoms with Crippen molar-refractivity contribution in [3.05, 3.63) is 0 Å². The van der Waals surface area contributed by atoms with E-state index in [1.807, 2.05) is 6.92 Å². The minimum Gasteiger partial charge on any atom is -0.467 e. The lowest BCUT2D eigenvalue weighted by atomic mass is 9.97. The van der Waals surface area contributed by atoms with Crippen molar-refractivity contribution in [2.24, 2.45) is 5.92 Å². The van der Waals surface area contributed by atoms with Gasteiger partial charge in [0.15, 0.2) is 0 Å². The molecule has 0 bridgehead atoms. The molecule has 4 atom stereocenters. The first-order valence-corrected chi connectivity index (χ1v) is 6.76. The fourth-order valence-corrected chi connectivity index (χ4v) is 2.96. The van der Waals surface area contributed by atoms with Crippen LogP contribution >= 0.6 is 0 Å². The quantitative estimate of drug-likeness (QED) is 0.728. The Morgan fingerprint density at radius 1 is 1.47 bits per heavy atom. The molecule has 6 heteroatoms. The second-order valence-electron chi connectivity index (χ2n) is 5.13. The van der Waals surface area contributed by atoms with E-state index in [-0.39, 0.29) is 30.9 Å². The molecule has 2 aliphatic rings. The molecule has 0 aromatic heterocycles. The lowest BCUT2D eigenvalue weighted by molar-refractivity contribution is -0.153. The summed E-state index contributed by atoms with van der Waals surface area (Å²) in [6.45, 7) is 2.76. The fraction of sp³-hybridized carbons (Fsp3) is 0.846. The maximum atomic E-state index is 12.5. The zero-order valence-electron chi connectivity index (χ0n) is 11.4. The van der Waals surface area contributed by atoms with Crippen LogP contribution in [0.25, 0.3) is 0 Å². The Hall–Kier alpha value is -1.14. The van der Waals surface area contributed by atoms with E-state index < -0.39 is 18.1 Å². The molecular weight excluding hydrogens is 250 g/mol. The Balaban J connectivity index is 2.10. The van der Waals surface area contributed by atoms with E-state index in [1.54, 1.807) is 0 Å². The van der Waals surface area contributed by atoms with Crippen LogP contribution in [0.15, 0.2) is 0 Å². The maximum absolute atomic E-state index is 12.5. The number of hydrogen-bond acceptors (Lipinski definition) is 5. The molecule has 0 spiro atoms. The summed E-state index contributed by atoms with van der Waals surface area (Å²) in [4.78, 5) is 25.7. The van der Waals surface area contributed by atoms with Crippen molar-refractivity contribution in [2.75, 3.05) is 20.3 Å². The van der Waals surface area contributed by atoms with Gasteiger partial charge >= 0.3 is 5.97 Å². The van der Waals surface area contributed by atoms with Crippen molar-refractivity contribution in [1.82, 2.24) is 4.90 Å².